The van der Waals surface area contributed by atoms with E-state index >= 15 is 0 Å². The van der Waals surface area contributed by atoms with Crippen LogP contribution in [0.4, 0.5) is 5.69 Å². The van der Waals surface area contributed by atoms with Crippen molar-refractivity contribution in [2.75, 3.05) is 12.5 Å². The number of carbonyl (C=O) groups excluding carboxylic acids is 2. The first-order valence-electron chi connectivity index (χ1n) is 5.04. The molecular formula is C12H14N2O3. The Balaban J connectivity index is 2.87. The Morgan fingerprint density at radius 1 is 1.35 bits per heavy atom. The summed E-state index contributed by atoms with van der Waals surface area (Å²) in [7, 11) is 1.20. The molecule has 1 aromatic rings. The molecule has 17 heavy (non-hydrogen) atoms. The molecule has 0 saturated heterocycles. The van der Waals surface area contributed by atoms with E-state index in [2.05, 4.69) is 15.3 Å². The van der Waals surface area contributed by atoms with Crippen LogP contribution in [-0.2, 0) is 14.3 Å². The van der Waals surface area contributed by atoms with Crippen LogP contribution in [0, 0.1) is 6.92 Å². The molecule has 1 N–H and O–H groups in total. The highest BCUT2D eigenvalue weighted by Crippen LogP contribution is 2.09. The minimum absolute atomic E-state index is 0.256. The van der Waals surface area contributed by atoms with Gasteiger partial charge < -0.3 is 4.74 Å². The molecule has 0 unspecified atom stereocenters. The van der Waals surface area contributed by atoms with E-state index in [1.54, 1.807) is 6.07 Å². The number of Topliss-reactive ketones (excluding diaryl/α,β-unsaturated/α-hetero) is 1. The number of methoxy groups -OCH3 is 1. The van der Waals surface area contributed by atoms with Crippen molar-refractivity contribution in [2.24, 2.45) is 5.10 Å². The Hall–Kier alpha value is -2.17. The molecule has 90 valence electrons. The maximum Gasteiger partial charge on any atom is 0.362 e. The number of nitrogens with one attached hydrogen (secondary N) is 1. The van der Waals surface area contributed by atoms with Crippen LogP contribution in [-0.4, -0.2) is 24.6 Å². The first kappa shape index (κ1) is 12.9. The highest BCUT2D eigenvalue weighted by Gasteiger charge is 2.16. The molecule has 0 atom stereocenters. The van der Waals surface area contributed by atoms with Gasteiger partial charge in [0.1, 0.15) is 0 Å². The molecule has 1 aromatic carbocycles. The number of aryl methyl sites for hydroxylation is 1. The topological polar surface area (TPSA) is 67.8 Å². The summed E-state index contributed by atoms with van der Waals surface area (Å²) in [6.45, 7) is 3.19. The van der Waals surface area contributed by atoms with Crippen molar-refractivity contribution in [3.05, 3.63) is 29.8 Å². The van der Waals surface area contributed by atoms with Crippen molar-refractivity contribution >= 4 is 23.2 Å². The van der Waals surface area contributed by atoms with Gasteiger partial charge in [-0.3, -0.25) is 10.2 Å². The third kappa shape index (κ3) is 3.71. The van der Waals surface area contributed by atoms with Crippen LogP contribution in [0.5, 0.6) is 0 Å². The summed E-state index contributed by atoms with van der Waals surface area (Å²) in [5.74, 6) is -1.20. The van der Waals surface area contributed by atoms with E-state index in [0.717, 1.165) is 5.56 Å². The zero-order valence-corrected chi connectivity index (χ0v) is 9.98. The van der Waals surface area contributed by atoms with Crippen LogP contribution in [0.15, 0.2) is 29.4 Å². The second kappa shape index (κ2) is 5.79. The lowest BCUT2D eigenvalue weighted by Crippen LogP contribution is -2.24. The summed E-state index contributed by atoms with van der Waals surface area (Å²) in [5, 5.41) is 3.75. The van der Waals surface area contributed by atoms with Crippen molar-refractivity contribution < 1.29 is 14.3 Å². The number of ketones is 1. The Morgan fingerprint density at radius 3 is 2.59 bits per heavy atom. The SMILES string of the molecule is COC(=O)C(=NNc1cccc(C)c1)C(C)=O. The van der Waals surface area contributed by atoms with Gasteiger partial charge in [0.2, 0.25) is 5.71 Å². The van der Waals surface area contributed by atoms with E-state index in [1.807, 2.05) is 25.1 Å². The summed E-state index contributed by atoms with van der Waals surface area (Å²) < 4.78 is 4.46. The average Bonchev–Trinajstić information content (AvgIpc) is 2.28. The smallest absolute Gasteiger partial charge is 0.362 e. The largest absolute Gasteiger partial charge is 0.464 e. The fraction of sp³-hybridized carbons (Fsp3) is 0.250. The van der Waals surface area contributed by atoms with Crippen molar-refractivity contribution in [3.8, 4) is 0 Å². The van der Waals surface area contributed by atoms with Crippen molar-refractivity contribution in [1.29, 1.82) is 0 Å². The molecule has 0 aromatic heterocycles. The number of esters is 1. The Morgan fingerprint density at radius 2 is 2.06 bits per heavy atom. The van der Waals surface area contributed by atoms with E-state index in [0.29, 0.717) is 5.69 Å². The van der Waals surface area contributed by atoms with E-state index in [-0.39, 0.29) is 5.71 Å². The first-order chi connectivity index (χ1) is 8.04. The van der Waals surface area contributed by atoms with Gasteiger partial charge in [-0.2, -0.15) is 5.10 Å². The van der Waals surface area contributed by atoms with Gasteiger partial charge >= 0.3 is 5.97 Å². The molecule has 0 aliphatic rings. The highest BCUT2D eigenvalue weighted by molar-refractivity contribution is 6.64. The van der Waals surface area contributed by atoms with Gasteiger partial charge in [-0.25, -0.2) is 4.79 Å². The maximum absolute atomic E-state index is 11.2. The molecule has 0 saturated carbocycles. The highest BCUT2D eigenvalue weighted by atomic mass is 16.5. The molecule has 5 heteroatoms. The van der Waals surface area contributed by atoms with Gasteiger partial charge in [-0.05, 0) is 24.6 Å². The first-order valence-corrected chi connectivity index (χ1v) is 5.04. The predicted molar refractivity (Wildman–Crippen MR) is 64.9 cm³/mol. The summed E-state index contributed by atoms with van der Waals surface area (Å²) in [4.78, 5) is 22.4. The number of benzene rings is 1. The normalized spacial score (nSPS) is 10.9. The molecule has 0 heterocycles. The molecule has 0 spiro atoms. The molecule has 0 bridgehead atoms. The fourth-order valence-corrected chi connectivity index (χ4v) is 1.20. The fourth-order valence-electron chi connectivity index (χ4n) is 1.20. The average molecular weight is 234 g/mol. The molecule has 0 fully saturated rings. The molecule has 0 radical (unpaired) electrons. The van der Waals surface area contributed by atoms with Gasteiger partial charge in [0.25, 0.3) is 0 Å². The summed E-state index contributed by atoms with van der Waals surface area (Å²) in [6.07, 6.45) is 0. The lowest BCUT2D eigenvalue weighted by Gasteiger charge is -2.03. The summed E-state index contributed by atoms with van der Waals surface area (Å²) >= 11 is 0. The van der Waals surface area contributed by atoms with Gasteiger partial charge in [0.15, 0.2) is 5.78 Å². The third-order valence-electron chi connectivity index (χ3n) is 2.03. The summed E-state index contributed by atoms with van der Waals surface area (Å²) in [5.41, 5.74) is 4.14. The Kier molecular flexibility index (Phi) is 4.39. The molecule has 0 aliphatic heterocycles. The lowest BCUT2D eigenvalue weighted by atomic mass is 10.2. The number of hydrogen-bond donors (Lipinski definition) is 1. The second-order valence-corrected chi connectivity index (χ2v) is 3.49. The number of carbonyl (C=O) groups is 2. The maximum atomic E-state index is 11.2. The van der Waals surface area contributed by atoms with Gasteiger partial charge in [-0.1, -0.05) is 12.1 Å². The molecule has 5 nitrogen and oxygen atoms in total. The summed E-state index contributed by atoms with van der Waals surface area (Å²) in [6, 6.07) is 7.41. The number of ether oxygens (including phenoxy) is 1. The van der Waals surface area contributed by atoms with Crippen molar-refractivity contribution in [2.45, 2.75) is 13.8 Å². The minimum atomic E-state index is -0.752. The second-order valence-electron chi connectivity index (χ2n) is 3.49. The minimum Gasteiger partial charge on any atom is -0.464 e. The monoisotopic (exact) mass is 234 g/mol. The van der Waals surface area contributed by atoms with Crippen LogP contribution in [0.2, 0.25) is 0 Å². The van der Waals surface area contributed by atoms with E-state index in [1.165, 1.54) is 14.0 Å². The zero-order chi connectivity index (χ0) is 12.8. The molecule has 0 aliphatic carbocycles. The van der Waals surface area contributed by atoms with E-state index < -0.39 is 11.8 Å². The van der Waals surface area contributed by atoms with Crippen LogP contribution < -0.4 is 5.43 Å². The van der Waals surface area contributed by atoms with E-state index in [4.69, 9.17) is 0 Å². The standard InChI is InChI=1S/C12H14N2O3/c1-8-5-4-6-10(7-8)13-14-11(9(2)15)12(16)17-3/h4-7,13H,1-3H3. The van der Waals surface area contributed by atoms with Crippen molar-refractivity contribution in [1.82, 2.24) is 0 Å². The van der Waals surface area contributed by atoms with Crippen LogP contribution in [0.1, 0.15) is 12.5 Å². The van der Waals surface area contributed by atoms with Crippen LogP contribution in [0.3, 0.4) is 0 Å². The number of nitrogens with zero attached hydrogens (tertiary/aromatic N) is 1. The quantitative estimate of drug-likeness (QED) is 0.371. The van der Waals surface area contributed by atoms with E-state index in [9.17, 15) is 9.59 Å². The zero-order valence-electron chi connectivity index (χ0n) is 9.98. The van der Waals surface area contributed by atoms with Crippen LogP contribution >= 0.6 is 0 Å². The van der Waals surface area contributed by atoms with Gasteiger partial charge in [0.05, 0.1) is 12.8 Å². The third-order valence-corrected chi connectivity index (χ3v) is 2.03. The van der Waals surface area contributed by atoms with Gasteiger partial charge in [-0.15, -0.1) is 0 Å². The Labute approximate surface area is 99.5 Å². The number of rotatable bonds is 4. The van der Waals surface area contributed by atoms with Crippen LogP contribution in [0.25, 0.3) is 0 Å². The lowest BCUT2D eigenvalue weighted by molar-refractivity contribution is -0.133. The molecule has 1 rings (SSSR count). The van der Waals surface area contributed by atoms with Crippen molar-refractivity contribution in [3.63, 3.8) is 0 Å². The number of hydrazone groups is 1. The Bertz CT molecular complexity index is 467. The van der Waals surface area contributed by atoms with Gasteiger partial charge in [0, 0.05) is 6.92 Å². The number of hydrogen-bond acceptors (Lipinski definition) is 5. The predicted octanol–water partition coefficient (Wildman–Crippen LogP) is 1.52. The molecule has 0 amide bonds. The molecular weight excluding hydrogens is 220 g/mol. The number of anilines is 1.